The Morgan fingerprint density at radius 2 is 2.07 bits per heavy atom. The van der Waals surface area contributed by atoms with Gasteiger partial charge in [-0.25, -0.2) is 0 Å². The molecule has 1 fully saturated rings. The van der Waals surface area contributed by atoms with Crippen LogP contribution in [0.15, 0.2) is 12.4 Å². The normalized spacial score (nSPS) is 18.7. The molecule has 1 N–H and O–H groups in total. The van der Waals surface area contributed by atoms with Crippen molar-refractivity contribution in [2.75, 3.05) is 33.4 Å². The number of piperidine rings is 1. The maximum Gasteiger partial charge on any atom is 0.289 e. The molecule has 0 unspecified atom stereocenters. The maximum atomic E-state index is 12.5. The van der Waals surface area contributed by atoms with Crippen LogP contribution in [0.3, 0.4) is 0 Å². The number of ether oxygens (including phenoxy) is 1. The van der Waals surface area contributed by atoms with Crippen molar-refractivity contribution in [3.05, 3.63) is 29.6 Å². The van der Waals surface area contributed by atoms with Crippen LogP contribution in [-0.2, 0) is 24.2 Å². The molecule has 0 atom stereocenters. The van der Waals surface area contributed by atoms with E-state index in [1.165, 1.54) is 5.56 Å². The average molecular weight is 416 g/mol. The van der Waals surface area contributed by atoms with E-state index < -0.39 is 0 Å². The number of hydrogen-bond acceptors (Lipinski definition) is 6. The highest BCUT2D eigenvalue weighted by Crippen LogP contribution is 2.41. The molecule has 9 nitrogen and oxygen atoms in total. The molecule has 164 valence electrons. The summed E-state index contributed by atoms with van der Waals surface area (Å²) in [4.78, 5) is 15.0. The number of hydrogen-bond donors (Lipinski definition) is 1. The second-order valence-corrected chi connectivity index (χ2v) is 8.97. The largest absolute Gasteiger partial charge is 0.383 e. The van der Waals surface area contributed by atoms with Crippen molar-refractivity contribution in [2.24, 2.45) is 5.41 Å². The van der Waals surface area contributed by atoms with E-state index >= 15 is 0 Å². The lowest BCUT2D eigenvalue weighted by Gasteiger charge is -2.44. The maximum absolute atomic E-state index is 12.5. The first-order chi connectivity index (χ1) is 14.5. The van der Waals surface area contributed by atoms with Gasteiger partial charge in [-0.15, -0.1) is 10.2 Å². The van der Waals surface area contributed by atoms with Crippen LogP contribution in [0.25, 0.3) is 0 Å². The zero-order chi connectivity index (χ0) is 21.1. The number of aromatic nitrogens is 5. The van der Waals surface area contributed by atoms with Gasteiger partial charge in [0.25, 0.3) is 5.91 Å². The van der Waals surface area contributed by atoms with E-state index in [-0.39, 0.29) is 11.3 Å². The first-order valence-electron chi connectivity index (χ1n) is 10.9. The highest BCUT2D eigenvalue weighted by molar-refractivity contribution is 5.90. The zero-order valence-electron chi connectivity index (χ0n) is 18.3. The molecular weight excluding hydrogens is 382 g/mol. The Kier molecular flexibility index (Phi) is 6.19. The monoisotopic (exact) mass is 415 g/mol. The van der Waals surface area contributed by atoms with Crippen molar-refractivity contribution < 1.29 is 9.53 Å². The number of aryl methyl sites for hydroxylation is 1. The summed E-state index contributed by atoms with van der Waals surface area (Å²) in [5, 5.41) is 15.8. The fourth-order valence-electron chi connectivity index (χ4n) is 4.58. The molecule has 0 aromatic carbocycles. The molecule has 0 aliphatic carbocycles. The van der Waals surface area contributed by atoms with Gasteiger partial charge in [-0.3, -0.25) is 14.4 Å². The van der Waals surface area contributed by atoms with E-state index in [4.69, 9.17) is 4.74 Å². The summed E-state index contributed by atoms with van der Waals surface area (Å²) in [6, 6.07) is 0.393. The molecule has 1 saturated heterocycles. The SMILES string of the molecule is COCCNC(=O)c1nnc2n1CC1(CC2)CCN(Cc2cnn(C(C)C)c2)CC1. The van der Waals surface area contributed by atoms with Crippen LogP contribution in [0.1, 0.15) is 61.2 Å². The van der Waals surface area contributed by atoms with Gasteiger partial charge in [-0.05, 0) is 51.6 Å². The van der Waals surface area contributed by atoms with Gasteiger partial charge in [0.15, 0.2) is 0 Å². The summed E-state index contributed by atoms with van der Waals surface area (Å²) in [6.45, 7) is 9.19. The van der Waals surface area contributed by atoms with Crippen molar-refractivity contribution in [1.29, 1.82) is 0 Å². The standard InChI is InChI=1S/C21H33N7O2/c1-16(2)28-14-17(12-23-28)13-26-9-6-21(7-10-26)5-4-18-24-25-19(27(18)15-21)20(29)22-8-11-30-3/h12,14,16H,4-11,13,15H2,1-3H3,(H,22,29). The van der Waals surface area contributed by atoms with E-state index in [1.807, 2.05) is 15.4 Å². The van der Waals surface area contributed by atoms with Crippen LogP contribution in [0.2, 0.25) is 0 Å². The van der Waals surface area contributed by atoms with Gasteiger partial charge in [-0.2, -0.15) is 5.10 Å². The molecule has 2 aliphatic heterocycles. The molecule has 9 heteroatoms. The van der Waals surface area contributed by atoms with Crippen molar-refractivity contribution in [3.8, 4) is 0 Å². The Morgan fingerprint density at radius 3 is 2.77 bits per heavy atom. The van der Waals surface area contributed by atoms with Gasteiger partial charge in [0.1, 0.15) is 5.82 Å². The third kappa shape index (κ3) is 4.41. The Bertz CT molecular complexity index is 865. The van der Waals surface area contributed by atoms with Gasteiger partial charge in [0.05, 0.1) is 12.8 Å². The Hall–Kier alpha value is -2.26. The predicted molar refractivity (Wildman–Crippen MR) is 112 cm³/mol. The number of nitrogens with one attached hydrogen (secondary N) is 1. The molecular formula is C21H33N7O2. The number of carbonyl (C=O) groups is 1. The molecule has 1 amide bonds. The quantitative estimate of drug-likeness (QED) is 0.692. The van der Waals surface area contributed by atoms with Crippen LogP contribution in [0, 0.1) is 5.41 Å². The summed E-state index contributed by atoms with van der Waals surface area (Å²) in [6.07, 6.45) is 8.42. The van der Waals surface area contributed by atoms with Gasteiger partial charge in [0.2, 0.25) is 5.82 Å². The second kappa shape index (κ2) is 8.85. The minimum Gasteiger partial charge on any atom is -0.383 e. The van der Waals surface area contributed by atoms with Gasteiger partial charge >= 0.3 is 0 Å². The van der Waals surface area contributed by atoms with Crippen LogP contribution >= 0.6 is 0 Å². The first-order valence-corrected chi connectivity index (χ1v) is 10.9. The number of fused-ring (bicyclic) bond motifs is 1. The van der Waals surface area contributed by atoms with Crippen molar-refractivity contribution in [1.82, 2.24) is 34.8 Å². The molecule has 4 heterocycles. The van der Waals surface area contributed by atoms with Gasteiger partial charge < -0.3 is 14.6 Å². The van der Waals surface area contributed by atoms with Crippen LogP contribution in [-0.4, -0.2) is 68.7 Å². The fourth-order valence-corrected chi connectivity index (χ4v) is 4.58. The first kappa shape index (κ1) is 21.0. The summed E-state index contributed by atoms with van der Waals surface area (Å²) in [7, 11) is 1.62. The molecule has 0 radical (unpaired) electrons. The number of amides is 1. The lowest BCUT2D eigenvalue weighted by Crippen LogP contribution is -2.44. The van der Waals surface area contributed by atoms with E-state index in [0.717, 1.165) is 57.7 Å². The lowest BCUT2D eigenvalue weighted by molar-refractivity contribution is 0.0617. The van der Waals surface area contributed by atoms with Crippen LogP contribution in [0.5, 0.6) is 0 Å². The summed E-state index contributed by atoms with van der Waals surface area (Å²) in [5.41, 5.74) is 1.51. The average Bonchev–Trinajstić information content (AvgIpc) is 3.37. The smallest absolute Gasteiger partial charge is 0.289 e. The molecule has 0 saturated carbocycles. The summed E-state index contributed by atoms with van der Waals surface area (Å²) in [5.74, 6) is 1.20. The van der Waals surface area contributed by atoms with Crippen molar-refractivity contribution in [3.63, 3.8) is 0 Å². The van der Waals surface area contributed by atoms with Crippen molar-refractivity contribution in [2.45, 2.75) is 58.7 Å². The Balaban J connectivity index is 1.36. The number of methoxy groups -OCH3 is 1. The van der Waals surface area contributed by atoms with E-state index in [2.05, 4.69) is 45.6 Å². The Morgan fingerprint density at radius 1 is 1.27 bits per heavy atom. The number of nitrogens with zero attached hydrogens (tertiary/aromatic N) is 6. The lowest BCUT2D eigenvalue weighted by atomic mass is 9.73. The highest BCUT2D eigenvalue weighted by Gasteiger charge is 2.39. The fraction of sp³-hybridized carbons (Fsp3) is 0.714. The van der Waals surface area contributed by atoms with E-state index in [1.54, 1.807) is 7.11 Å². The zero-order valence-corrected chi connectivity index (χ0v) is 18.3. The highest BCUT2D eigenvalue weighted by atomic mass is 16.5. The third-order valence-electron chi connectivity index (χ3n) is 6.50. The topological polar surface area (TPSA) is 90.1 Å². The minimum absolute atomic E-state index is 0.164. The van der Waals surface area contributed by atoms with Crippen LogP contribution < -0.4 is 5.32 Å². The van der Waals surface area contributed by atoms with Crippen molar-refractivity contribution >= 4 is 5.91 Å². The number of carbonyl (C=O) groups excluding carboxylic acids is 1. The second-order valence-electron chi connectivity index (χ2n) is 8.97. The predicted octanol–water partition coefficient (Wildman–Crippen LogP) is 1.66. The molecule has 2 aromatic rings. The van der Waals surface area contributed by atoms with Gasteiger partial charge in [0, 0.05) is 51.0 Å². The molecule has 2 aliphatic rings. The van der Waals surface area contributed by atoms with E-state index in [9.17, 15) is 4.79 Å². The number of rotatable bonds is 7. The third-order valence-corrected chi connectivity index (χ3v) is 6.50. The molecule has 1 spiro atoms. The Labute approximate surface area is 177 Å². The number of likely N-dealkylation sites (tertiary alicyclic amines) is 1. The molecule has 30 heavy (non-hydrogen) atoms. The molecule has 2 aromatic heterocycles. The van der Waals surface area contributed by atoms with Crippen LogP contribution in [0.4, 0.5) is 0 Å². The molecule has 4 rings (SSSR count). The van der Waals surface area contributed by atoms with E-state index in [0.29, 0.717) is 25.0 Å². The summed E-state index contributed by atoms with van der Waals surface area (Å²) < 4.78 is 9.08. The summed E-state index contributed by atoms with van der Waals surface area (Å²) >= 11 is 0. The van der Waals surface area contributed by atoms with Gasteiger partial charge in [-0.1, -0.05) is 0 Å². The molecule has 0 bridgehead atoms. The minimum atomic E-state index is -0.164.